The first-order chi connectivity index (χ1) is 13.7. The van der Waals surface area contributed by atoms with Crippen LogP contribution in [0.3, 0.4) is 0 Å². The Morgan fingerprint density at radius 3 is 0.893 bits per heavy atom. The third-order valence-corrected chi connectivity index (χ3v) is 5.70. The zero-order chi connectivity index (χ0) is 19.3. The molecule has 0 aliphatic heterocycles. The Hall–Kier alpha value is -2.42. The summed E-state index contributed by atoms with van der Waals surface area (Å²) in [6.45, 7) is 0. The summed E-state index contributed by atoms with van der Waals surface area (Å²) in [7, 11) is 0. The topological polar surface area (TPSA) is 0 Å². The van der Waals surface area contributed by atoms with Crippen LogP contribution in [0.25, 0.3) is 34.4 Å². The molecule has 4 rings (SSSR count). The number of benzene rings is 4. The van der Waals surface area contributed by atoms with Gasteiger partial charge in [0, 0.05) is 8.95 Å². The fourth-order valence-electron chi connectivity index (χ4n) is 3.05. The highest BCUT2D eigenvalue weighted by atomic mass is 79.9. The summed E-state index contributed by atoms with van der Waals surface area (Å²) in [5.74, 6) is 0. The van der Waals surface area contributed by atoms with Crippen molar-refractivity contribution in [3.8, 4) is 22.3 Å². The Morgan fingerprint density at radius 1 is 0.357 bits per heavy atom. The number of rotatable bonds is 4. The first kappa shape index (κ1) is 18.9. The van der Waals surface area contributed by atoms with E-state index in [2.05, 4.69) is 141 Å². The Bertz CT molecular complexity index is 982. The number of halogens is 2. The average Bonchev–Trinajstić information content (AvgIpc) is 2.74. The van der Waals surface area contributed by atoms with Gasteiger partial charge in [-0.15, -0.1) is 0 Å². The van der Waals surface area contributed by atoms with E-state index in [0.29, 0.717) is 0 Å². The Balaban J connectivity index is 1.46. The first-order valence-electron chi connectivity index (χ1n) is 9.07. The molecule has 0 radical (unpaired) electrons. The van der Waals surface area contributed by atoms with Crippen LogP contribution in [0.4, 0.5) is 0 Å². The summed E-state index contributed by atoms with van der Waals surface area (Å²) in [5.41, 5.74) is 7.28. The molecular formula is C26H18Br2. The summed E-state index contributed by atoms with van der Waals surface area (Å²) in [6.07, 6.45) is 4.31. The van der Waals surface area contributed by atoms with Gasteiger partial charge in [-0.05, 0) is 57.6 Å². The molecule has 0 aliphatic carbocycles. The van der Waals surface area contributed by atoms with Crippen LogP contribution in [-0.2, 0) is 0 Å². The molecule has 0 aromatic heterocycles. The van der Waals surface area contributed by atoms with Gasteiger partial charge in [-0.1, -0.05) is 117 Å². The lowest BCUT2D eigenvalue weighted by molar-refractivity contribution is 1.57. The Morgan fingerprint density at radius 2 is 0.607 bits per heavy atom. The normalized spacial score (nSPS) is 11.1. The molecule has 0 bridgehead atoms. The van der Waals surface area contributed by atoms with E-state index in [9.17, 15) is 0 Å². The minimum Gasteiger partial charge on any atom is -0.0544 e. The zero-order valence-electron chi connectivity index (χ0n) is 15.1. The second-order valence-electron chi connectivity index (χ2n) is 6.59. The highest BCUT2D eigenvalue weighted by Gasteiger charge is 1.99. The maximum Gasteiger partial charge on any atom is 0.0175 e. The molecule has 4 aromatic carbocycles. The second kappa shape index (κ2) is 8.72. The maximum atomic E-state index is 3.48. The van der Waals surface area contributed by atoms with Gasteiger partial charge in [-0.3, -0.25) is 0 Å². The summed E-state index contributed by atoms with van der Waals surface area (Å²) in [6, 6.07) is 34.1. The van der Waals surface area contributed by atoms with Crippen LogP contribution in [0, 0.1) is 0 Å². The standard InChI is InChI=1S/C26H18Br2/c27-25-15-11-23(12-16-25)21-7-3-19(4-8-21)1-2-20-5-9-22(10-6-20)24-13-17-26(28)18-14-24/h1-18H/b2-1-. The van der Waals surface area contributed by atoms with Gasteiger partial charge in [0.1, 0.15) is 0 Å². The SMILES string of the molecule is Brc1ccc(-c2ccc(/C=C\c3ccc(-c4ccc(Br)cc4)cc3)cc2)cc1. The van der Waals surface area contributed by atoms with E-state index < -0.39 is 0 Å². The van der Waals surface area contributed by atoms with Crippen molar-refractivity contribution in [2.24, 2.45) is 0 Å². The van der Waals surface area contributed by atoms with Crippen LogP contribution in [0.1, 0.15) is 11.1 Å². The molecule has 136 valence electrons. The van der Waals surface area contributed by atoms with E-state index in [1.807, 2.05) is 0 Å². The minimum atomic E-state index is 1.10. The predicted octanol–water partition coefficient (Wildman–Crippen LogP) is 8.72. The molecular weight excluding hydrogens is 472 g/mol. The highest BCUT2D eigenvalue weighted by Crippen LogP contribution is 2.24. The molecule has 0 aliphatic rings. The molecule has 0 spiro atoms. The Labute approximate surface area is 182 Å². The van der Waals surface area contributed by atoms with Gasteiger partial charge in [0.15, 0.2) is 0 Å². The molecule has 0 fully saturated rings. The summed E-state index contributed by atoms with van der Waals surface area (Å²) >= 11 is 6.96. The van der Waals surface area contributed by atoms with Crippen LogP contribution < -0.4 is 0 Å². The van der Waals surface area contributed by atoms with Gasteiger partial charge in [-0.2, -0.15) is 0 Å². The van der Waals surface area contributed by atoms with Gasteiger partial charge in [-0.25, -0.2) is 0 Å². The predicted molar refractivity (Wildman–Crippen MR) is 128 cm³/mol. The van der Waals surface area contributed by atoms with Gasteiger partial charge >= 0.3 is 0 Å². The van der Waals surface area contributed by atoms with Crippen molar-refractivity contribution >= 4 is 44.0 Å². The summed E-state index contributed by atoms with van der Waals surface area (Å²) < 4.78 is 2.20. The summed E-state index contributed by atoms with van der Waals surface area (Å²) in [5, 5.41) is 0. The van der Waals surface area contributed by atoms with E-state index in [4.69, 9.17) is 0 Å². The molecule has 0 saturated heterocycles. The fourth-order valence-corrected chi connectivity index (χ4v) is 3.58. The lowest BCUT2D eigenvalue weighted by Crippen LogP contribution is -1.80. The van der Waals surface area contributed by atoms with Crippen molar-refractivity contribution in [3.63, 3.8) is 0 Å². The molecule has 0 atom stereocenters. The van der Waals surface area contributed by atoms with Crippen molar-refractivity contribution in [2.75, 3.05) is 0 Å². The highest BCUT2D eigenvalue weighted by molar-refractivity contribution is 9.10. The van der Waals surface area contributed by atoms with Gasteiger partial charge in [0.25, 0.3) is 0 Å². The van der Waals surface area contributed by atoms with E-state index in [-0.39, 0.29) is 0 Å². The molecule has 0 amide bonds. The van der Waals surface area contributed by atoms with E-state index >= 15 is 0 Å². The fraction of sp³-hybridized carbons (Fsp3) is 0. The molecule has 2 heteroatoms. The molecule has 0 nitrogen and oxygen atoms in total. The zero-order valence-corrected chi connectivity index (χ0v) is 18.3. The lowest BCUT2D eigenvalue weighted by atomic mass is 10.0. The van der Waals surface area contributed by atoms with Crippen molar-refractivity contribution < 1.29 is 0 Å². The van der Waals surface area contributed by atoms with E-state index in [0.717, 1.165) is 8.95 Å². The largest absolute Gasteiger partial charge is 0.0544 e. The van der Waals surface area contributed by atoms with Crippen molar-refractivity contribution in [1.82, 2.24) is 0 Å². The average molecular weight is 490 g/mol. The van der Waals surface area contributed by atoms with Gasteiger partial charge < -0.3 is 0 Å². The molecule has 28 heavy (non-hydrogen) atoms. The first-order valence-corrected chi connectivity index (χ1v) is 10.7. The maximum absolute atomic E-state index is 3.48. The third-order valence-electron chi connectivity index (χ3n) is 4.64. The minimum absolute atomic E-state index is 1.10. The third kappa shape index (κ3) is 4.70. The van der Waals surface area contributed by atoms with E-state index in [1.165, 1.54) is 33.4 Å². The van der Waals surface area contributed by atoms with E-state index in [1.54, 1.807) is 0 Å². The van der Waals surface area contributed by atoms with Gasteiger partial charge in [0.2, 0.25) is 0 Å². The molecule has 0 N–H and O–H groups in total. The van der Waals surface area contributed by atoms with Crippen LogP contribution in [0.2, 0.25) is 0 Å². The summed E-state index contributed by atoms with van der Waals surface area (Å²) in [4.78, 5) is 0. The molecule has 0 unspecified atom stereocenters. The smallest absolute Gasteiger partial charge is 0.0175 e. The van der Waals surface area contributed by atoms with Crippen molar-refractivity contribution in [2.45, 2.75) is 0 Å². The quantitative estimate of drug-likeness (QED) is 0.251. The van der Waals surface area contributed by atoms with Crippen molar-refractivity contribution in [3.05, 3.63) is 117 Å². The monoisotopic (exact) mass is 488 g/mol. The molecule has 4 aromatic rings. The van der Waals surface area contributed by atoms with Crippen LogP contribution >= 0.6 is 31.9 Å². The number of hydrogen-bond donors (Lipinski definition) is 0. The lowest BCUT2D eigenvalue weighted by Gasteiger charge is -2.04. The van der Waals surface area contributed by atoms with Crippen LogP contribution in [-0.4, -0.2) is 0 Å². The van der Waals surface area contributed by atoms with Gasteiger partial charge in [0.05, 0.1) is 0 Å². The molecule has 0 heterocycles. The van der Waals surface area contributed by atoms with Crippen LogP contribution in [0.5, 0.6) is 0 Å². The number of hydrogen-bond acceptors (Lipinski definition) is 0. The Kier molecular flexibility index (Phi) is 5.90. The second-order valence-corrected chi connectivity index (χ2v) is 8.42. The van der Waals surface area contributed by atoms with Crippen LogP contribution in [0.15, 0.2) is 106 Å². The molecule has 0 saturated carbocycles. The van der Waals surface area contributed by atoms with Crippen molar-refractivity contribution in [1.29, 1.82) is 0 Å².